The molecule has 5 rings (SSSR count). The molecule has 5 heterocycles. The fourth-order valence-corrected chi connectivity index (χ4v) is 4.50. The summed E-state index contributed by atoms with van der Waals surface area (Å²) < 4.78 is 5.42. The third-order valence-electron chi connectivity index (χ3n) is 5.34. The Bertz CT molecular complexity index is 656. The van der Waals surface area contributed by atoms with Gasteiger partial charge in [-0.25, -0.2) is 0 Å². The lowest BCUT2D eigenvalue weighted by Crippen LogP contribution is -2.62. The van der Waals surface area contributed by atoms with Crippen LogP contribution in [-0.2, 0) is 12.8 Å². The van der Waals surface area contributed by atoms with Crippen LogP contribution >= 0.6 is 35.3 Å². The molecule has 0 amide bonds. The van der Waals surface area contributed by atoms with Crippen molar-refractivity contribution in [3.63, 3.8) is 0 Å². The van der Waals surface area contributed by atoms with E-state index in [4.69, 9.17) is 9.41 Å². The molecule has 3 aliphatic heterocycles. The number of hydrogen-bond acceptors (Lipinski definition) is 5. The van der Waals surface area contributed by atoms with Crippen LogP contribution in [0, 0.1) is 0 Å². The lowest BCUT2D eigenvalue weighted by molar-refractivity contribution is 0.0174. The van der Waals surface area contributed by atoms with E-state index in [-0.39, 0.29) is 24.0 Å². The number of halogens is 1. The highest BCUT2D eigenvalue weighted by molar-refractivity contribution is 14.0. The fourth-order valence-electron chi connectivity index (χ4n) is 3.79. The molecule has 0 saturated carbocycles. The van der Waals surface area contributed by atoms with Crippen LogP contribution in [0.4, 0.5) is 0 Å². The van der Waals surface area contributed by atoms with Gasteiger partial charge in [0.2, 0.25) is 0 Å². The van der Waals surface area contributed by atoms with Crippen molar-refractivity contribution in [2.75, 3.05) is 52.4 Å². The number of hydrogen-bond donors (Lipinski definition) is 2. The van der Waals surface area contributed by atoms with Gasteiger partial charge in [-0.05, 0) is 30.0 Å². The minimum atomic E-state index is 0. The number of piperazine rings is 3. The van der Waals surface area contributed by atoms with Crippen LogP contribution in [0.5, 0.6) is 0 Å². The van der Waals surface area contributed by atoms with E-state index in [1.165, 1.54) is 31.1 Å². The van der Waals surface area contributed by atoms with Gasteiger partial charge in [-0.3, -0.25) is 14.8 Å². The summed E-state index contributed by atoms with van der Waals surface area (Å²) in [7, 11) is 0. The molecule has 154 valence electrons. The summed E-state index contributed by atoms with van der Waals surface area (Å²) in [6.45, 7) is 8.53. The molecule has 1 atom stereocenters. The molecule has 28 heavy (non-hydrogen) atoms. The first-order valence-corrected chi connectivity index (χ1v) is 10.8. The van der Waals surface area contributed by atoms with E-state index in [1.807, 2.05) is 23.5 Å². The van der Waals surface area contributed by atoms with Crippen LogP contribution in [0.15, 0.2) is 45.3 Å². The van der Waals surface area contributed by atoms with Crippen molar-refractivity contribution in [2.45, 2.75) is 18.9 Å². The van der Waals surface area contributed by atoms with Gasteiger partial charge in [0.25, 0.3) is 0 Å². The second-order valence-corrected chi connectivity index (χ2v) is 8.22. The fraction of sp³-hybridized carbons (Fsp3) is 0.550. The standard InChI is InChI=1S/C20H29N5OS.HI/c1-3-18(26-13-1)5-7-21-20(22-8-6-19-4-2-14-27-19)23-15-17-16-24-9-11-25(17)12-10-24;/h1-4,13-14,17H,5-12,15-16H2,(H2,21,22,23);1H. The van der Waals surface area contributed by atoms with Crippen molar-refractivity contribution in [1.82, 2.24) is 20.4 Å². The number of thiophene rings is 1. The van der Waals surface area contributed by atoms with Crippen molar-refractivity contribution in [2.24, 2.45) is 4.99 Å². The Labute approximate surface area is 188 Å². The van der Waals surface area contributed by atoms with Crippen molar-refractivity contribution in [3.8, 4) is 0 Å². The van der Waals surface area contributed by atoms with Crippen molar-refractivity contribution >= 4 is 41.3 Å². The van der Waals surface area contributed by atoms with Crippen molar-refractivity contribution < 1.29 is 4.42 Å². The van der Waals surface area contributed by atoms with E-state index in [2.05, 4.69) is 37.9 Å². The van der Waals surface area contributed by atoms with E-state index >= 15 is 0 Å². The van der Waals surface area contributed by atoms with Gasteiger partial charge in [-0.1, -0.05) is 6.07 Å². The predicted octanol–water partition coefficient (Wildman–Crippen LogP) is 2.28. The Morgan fingerprint density at radius 3 is 2.57 bits per heavy atom. The molecule has 3 aliphatic rings. The maximum Gasteiger partial charge on any atom is 0.191 e. The van der Waals surface area contributed by atoms with Crippen LogP contribution in [0.3, 0.4) is 0 Å². The van der Waals surface area contributed by atoms with Gasteiger partial charge in [-0.15, -0.1) is 35.3 Å². The first-order valence-electron chi connectivity index (χ1n) is 9.90. The topological polar surface area (TPSA) is 56.0 Å². The minimum absolute atomic E-state index is 0. The molecule has 0 aliphatic carbocycles. The zero-order valence-corrected chi connectivity index (χ0v) is 19.3. The minimum Gasteiger partial charge on any atom is -0.469 e. The zero-order valence-electron chi connectivity index (χ0n) is 16.2. The summed E-state index contributed by atoms with van der Waals surface area (Å²) in [4.78, 5) is 11.5. The molecule has 0 spiro atoms. The summed E-state index contributed by atoms with van der Waals surface area (Å²) in [5.41, 5.74) is 0. The number of nitrogens with zero attached hydrogens (tertiary/aromatic N) is 3. The van der Waals surface area contributed by atoms with Gasteiger partial charge in [0.1, 0.15) is 5.76 Å². The lowest BCUT2D eigenvalue weighted by atomic mass is 10.1. The first kappa shape index (κ1) is 21.6. The molecule has 2 N–H and O–H groups in total. The Hall–Kier alpha value is -1.10. The summed E-state index contributed by atoms with van der Waals surface area (Å²) in [5, 5.41) is 9.11. The second kappa shape index (κ2) is 11.2. The average Bonchev–Trinajstić information content (AvgIpc) is 3.41. The normalized spacial score (nSPS) is 24.0. The third-order valence-corrected chi connectivity index (χ3v) is 6.28. The van der Waals surface area contributed by atoms with Crippen LogP contribution < -0.4 is 10.6 Å². The molecule has 2 aromatic rings. The quantitative estimate of drug-likeness (QED) is 0.321. The third kappa shape index (κ3) is 6.20. The smallest absolute Gasteiger partial charge is 0.191 e. The molecule has 0 radical (unpaired) electrons. The molecule has 2 bridgehead atoms. The Morgan fingerprint density at radius 1 is 1.11 bits per heavy atom. The Balaban J connectivity index is 0.00000225. The molecule has 0 aromatic carbocycles. The highest BCUT2D eigenvalue weighted by Crippen LogP contribution is 2.15. The summed E-state index contributed by atoms with van der Waals surface area (Å²) >= 11 is 1.81. The molecule has 1 unspecified atom stereocenters. The average molecular weight is 515 g/mol. The van der Waals surface area contributed by atoms with Gasteiger partial charge < -0.3 is 15.1 Å². The number of nitrogens with one attached hydrogen (secondary N) is 2. The number of rotatable bonds is 8. The van der Waals surface area contributed by atoms with E-state index in [9.17, 15) is 0 Å². The molecule has 3 fully saturated rings. The van der Waals surface area contributed by atoms with Crippen molar-refractivity contribution in [3.05, 3.63) is 46.5 Å². The monoisotopic (exact) mass is 515 g/mol. The van der Waals surface area contributed by atoms with Gasteiger partial charge in [0, 0.05) is 63.2 Å². The molecule has 6 nitrogen and oxygen atoms in total. The second-order valence-electron chi connectivity index (χ2n) is 7.19. The van der Waals surface area contributed by atoms with E-state index in [0.717, 1.165) is 50.7 Å². The van der Waals surface area contributed by atoms with Gasteiger partial charge >= 0.3 is 0 Å². The van der Waals surface area contributed by atoms with Crippen molar-refractivity contribution in [1.29, 1.82) is 0 Å². The maximum absolute atomic E-state index is 5.42. The maximum atomic E-state index is 5.42. The van der Waals surface area contributed by atoms with Crippen LogP contribution in [0.2, 0.25) is 0 Å². The van der Waals surface area contributed by atoms with Gasteiger partial charge in [0.05, 0.1) is 12.8 Å². The largest absolute Gasteiger partial charge is 0.469 e. The first-order chi connectivity index (χ1) is 13.4. The molecule has 8 heteroatoms. The highest BCUT2D eigenvalue weighted by Gasteiger charge is 2.31. The van der Waals surface area contributed by atoms with Crippen LogP contribution in [0.1, 0.15) is 10.6 Å². The molecular weight excluding hydrogens is 485 g/mol. The number of fused-ring (bicyclic) bond motifs is 3. The predicted molar refractivity (Wildman–Crippen MR) is 126 cm³/mol. The summed E-state index contributed by atoms with van der Waals surface area (Å²) in [6.07, 6.45) is 3.62. The molecule has 2 aromatic heterocycles. The van der Waals surface area contributed by atoms with Gasteiger partial charge in [0.15, 0.2) is 5.96 Å². The lowest BCUT2D eigenvalue weighted by Gasteiger charge is -2.47. The number of guanidine groups is 1. The van der Waals surface area contributed by atoms with Crippen LogP contribution in [-0.4, -0.2) is 74.2 Å². The number of furan rings is 1. The molecule has 3 saturated heterocycles. The van der Waals surface area contributed by atoms with E-state index in [1.54, 1.807) is 6.26 Å². The number of aliphatic imine (C=N–C) groups is 1. The Kier molecular flexibility index (Phi) is 8.63. The summed E-state index contributed by atoms with van der Waals surface area (Å²) in [6, 6.07) is 8.80. The molecular formula is C20H30IN5OS. The van der Waals surface area contributed by atoms with Crippen LogP contribution in [0.25, 0.3) is 0 Å². The highest BCUT2D eigenvalue weighted by atomic mass is 127. The zero-order chi connectivity index (χ0) is 18.3. The van der Waals surface area contributed by atoms with Gasteiger partial charge in [-0.2, -0.15) is 0 Å². The van der Waals surface area contributed by atoms with E-state index < -0.39 is 0 Å². The SMILES string of the molecule is I.c1coc(CCNC(=NCC2CN3CCN2CC3)NCCc2cccs2)c1. The van der Waals surface area contributed by atoms with E-state index in [0.29, 0.717) is 6.04 Å². The Morgan fingerprint density at radius 2 is 1.93 bits per heavy atom. The summed E-state index contributed by atoms with van der Waals surface area (Å²) in [5.74, 6) is 1.92.